The summed E-state index contributed by atoms with van der Waals surface area (Å²) < 4.78 is 6.50. The molecule has 0 aliphatic carbocycles. The third-order valence-electron chi connectivity index (χ3n) is 9.28. The summed E-state index contributed by atoms with van der Waals surface area (Å²) in [6.07, 6.45) is 19.6. The van der Waals surface area contributed by atoms with Crippen LogP contribution in [-0.2, 0) is 44.2 Å². The van der Waals surface area contributed by atoms with Crippen molar-refractivity contribution in [3.63, 3.8) is 0 Å². The van der Waals surface area contributed by atoms with Gasteiger partial charge in [-0.3, -0.25) is 0 Å². The van der Waals surface area contributed by atoms with Gasteiger partial charge in [-0.1, -0.05) is 78.9 Å². The van der Waals surface area contributed by atoms with Crippen molar-refractivity contribution >= 4 is 11.4 Å². The fourth-order valence-corrected chi connectivity index (χ4v) is 7.79. The first kappa shape index (κ1) is 43.3. The van der Waals surface area contributed by atoms with Crippen molar-refractivity contribution in [3.05, 3.63) is 87.0 Å². The number of benzene rings is 2. The molecule has 0 radical (unpaired) electrons. The second kappa shape index (κ2) is 25.1. The quantitative estimate of drug-likeness (QED) is 0.0834. The van der Waals surface area contributed by atoms with Crippen molar-refractivity contribution in [3.8, 4) is 0 Å². The van der Waals surface area contributed by atoms with Crippen molar-refractivity contribution in [1.82, 2.24) is 7.07 Å². The van der Waals surface area contributed by atoms with Crippen LogP contribution in [0.4, 0.5) is 0 Å². The molecule has 278 valence electrons. The van der Waals surface area contributed by atoms with Gasteiger partial charge < -0.3 is 5.53 Å². The summed E-state index contributed by atoms with van der Waals surface area (Å²) in [6, 6.07) is 14.1. The van der Waals surface area contributed by atoms with Crippen LogP contribution in [0.15, 0.2) is 48.0 Å². The molecule has 0 bridgehead atoms. The molecule has 1 heterocycles. The zero-order valence-electron chi connectivity index (χ0n) is 33.1. The Morgan fingerprint density at radius 3 is 1.18 bits per heavy atom. The van der Waals surface area contributed by atoms with Gasteiger partial charge in [0, 0.05) is 22.8 Å². The van der Waals surface area contributed by atoms with E-state index in [-0.39, 0.29) is 0 Å². The van der Waals surface area contributed by atoms with Crippen molar-refractivity contribution in [2.45, 2.75) is 159 Å². The first-order chi connectivity index (χ1) is 23.8. The van der Waals surface area contributed by atoms with E-state index in [2.05, 4.69) is 112 Å². The molecule has 0 amide bonds. The van der Waals surface area contributed by atoms with Crippen LogP contribution in [0, 0.1) is 0 Å². The fourth-order valence-electron chi connectivity index (χ4n) is 6.29. The van der Waals surface area contributed by atoms with Gasteiger partial charge in [0.15, 0.2) is 0 Å². The van der Waals surface area contributed by atoms with Crippen molar-refractivity contribution in [2.75, 3.05) is 26.2 Å². The van der Waals surface area contributed by atoms with Gasteiger partial charge in [-0.2, -0.15) is 0 Å². The van der Waals surface area contributed by atoms with Gasteiger partial charge in [-0.05, 0) is 111 Å². The average Bonchev–Trinajstić information content (AvgIpc) is 3.46. The standard InChI is InChI=1S/C36H52N2.2C4H10N.Pd/c1-6-11-16-28-21-29(17-12-7-2)24-33(23-28)35-27-32(20-15-10-5)36(38(35)37)34-25-30(18-13-8-3)22-31(26-34)19-14-9-4;2*1-3-5-4-2;/h21-27H,6-20H2,1-5H3;2*3-4H2,1-2H3;/q;2*-1;+2. The molecule has 0 atom stereocenters. The summed E-state index contributed by atoms with van der Waals surface area (Å²) in [5, 5.41) is 0. The topological polar surface area (TPSA) is 31.8 Å². The molecule has 0 spiro atoms. The number of allylic oxidation sites excluding steroid dienone is 2. The predicted octanol–water partition coefficient (Wildman–Crippen LogP) is 12.6. The van der Waals surface area contributed by atoms with Crippen LogP contribution in [0.25, 0.3) is 16.9 Å². The van der Waals surface area contributed by atoms with E-state index in [0.29, 0.717) is 18.5 Å². The zero-order valence-corrected chi connectivity index (χ0v) is 34.6. The number of hydrogen-bond donors (Lipinski definition) is 0. The summed E-state index contributed by atoms with van der Waals surface area (Å²) in [5.41, 5.74) is 23.0. The zero-order chi connectivity index (χ0) is 36.0. The molecule has 1 aliphatic rings. The van der Waals surface area contributed by atoms with Gasteiger partial charge in [-0.15, -0.1) is 0 Å². The maximum absolute atomic E-state index is 11.8. The number of hydrogen-bond acceptors (Lipinski definition) is 2. The summed E-state index contributed by atoms with van der Waals surface area (Å²) in [7, 11) is 0. The molecule has 2 aromatic rings. The van der Waals surface area contributed by atoms with Crippen molar-refractivity contribution in [1.29, 1.82) is 0 Å². The van der Waals surface area contributed by atoms with E-state index in [1.807, 2.05) is 0 Å². The van der Waals surface area contributed by atoms with E-state index in [9.17, 15) is 5.53 Å². The predicted molar refractivity (Wildman–Crippen MR) is 211 cm³/mol. The number of aryl methyl sites for hydroxylation is 4. The van der Waals surface area contributed by atoms with Crippen molar-refractivity contribution in [2.24, 2.45) is 0 Å². The molecule has 49 heavy (non-hydrogen) atoms. The van der Waals surface area contributed by atoms with Gasteiger partial charge in [0.25, 0.3) is 0 Å². The van der Waals surface area contributed by atoms with Gasteiger partial charge in [0.2, 0.25) is 11.4 Å². The Bertz CT molecular complexity index is 1240. The van der Waals surface area contributed by atoms with E-state index in [0.717, 1.165) is 61.9 Å². The normalized spacial score (nSPS) is 13.1. The summed E-state index contributed by atoms with van der Waals surface area (Å²) in [4.78, 5) is 0. The molecule has 0 fully saturated rings. The Balaban J connectivity index is 0.000000650. The first-order valence-electron chi connectivity index (χ1n) is 20.1. The minimum absolute atomic E-state index is 0.686. The molecule has 2 aromatic carbocycles. The molecule has 0 saturated carbocycles. The molecule has 0 unspecified atom stereocenters. The third-order valence-corrected chi connectivity index (χ3v) is 12.1. The molecule has 4 nitrogen and oxygen atoms in total. The average molecular weight is 764 g/mol. The number of nitrogens with zero attached hydrogens (tertiary/aromatic N) is 4. The molecule has 0 N–H and O–H groups in total. The van der Waals surface area contributed by atoms with Crippen LogP contribution in [-0.4, -0.2) is 37.9 Å². The van der Waals surface area contributed by atoms with Crippen LogP contribution in [0.5, 0.6) is 0 Å². The molecule has 1 aliphatic heterocycles. The van der Waals surface area contributed by atoms with Crippen LogP contribution in [0.1, 0.15) is 166 Å². The number of rotatable bonds is 23. The molecule has 5 heteroatoms. The second-order valence-electron chi connectivity index (χ2n) is 13.5. The molecule has 0 saturated heterocycles. The molecular formula is C44H72N4Pd. The van der Waals surface area contributed by atoms with Gasteiger partial charge in [-0.25, -0.2) is 4.70 Å². The van der Waals surface area contributed by atoms with E-state index in [1.165, 1.54) is 116 Å². The maximum atomic E-state index is 11.8. The Morgan fingerprint density at radius 2 is 0.837 bits per heavy atom. The first-order valence-corrected chi connectivity index (χ1v) is 21.5. The van der Waals surface area contributed by atoms with Gasteiger partial charge >= 0.3 is 79.4 Å². The molecular weight excluding hydrogens is 691 g/mol. The number of unbranched alkanes of at least 4 members (excludes halogenated alkanes) is 5. The van der Waals surface area contributed by atoms with Crippen LogP contribution < -0.4 is 0 Å². The van der Waals surface area contributed by atoms with E-state index < -0.39 is 0 Å². The Labute approximate surface area is 312 Å². The van der Waals surface area contributed by atoms with E-state index in [1.54, 1.807) is 0 Å². The van der Waals surface area contributed by atoms with Crippen LogP contribution in [0.2, 0.25) is 0 Å². The second-order valence-corrected chi connectivity index (χ2v) is 15.8. The Kier molecular flexibility index (Phi) is 22.2. The van der Waals surface area contributed by atoms with Gasteiger partial charge in [0.1, 0.15) is 0 Å². The van der Waals surface area contributed by atoms with Crippen molar-refractivity contribution < 1.29 is 23.2 Å². The van der Waals surface area contributed by atoms with E-state index in [4.69, 9.17) is 0 Å². The van der Waals surface area contributed by atoms with E-state index >= 15 is 0 Å². The molecule has 3 rings (SSSR count). The summed E-state index contributed by atoms with van der Waals surface area (Å²) in [5.74, 6) is 0. The molecule has 0 aromatic heterocycles. The van der Waals surface area contributed by atoms with Crippen LogP contribution in [0.3, 0.4) is 0 Å². The fraction of sp³-hybridized carbons (Fsp3) is 0.636. The Morgan fingerprint density at radius 1 is 0.490 bits per heavy atom. The minimum atomic E-state index is 0.686. The SMILES string of the molecule is CCCCC1=C(c2cc(CCCC)cc(CCCC)c2)[N+](=[N-])C(c2cc(CCCC)cc(CCCC)c2)=C1.CC[N](CC)[Pd][N](CC)CC. The summed E-state index contributed by atoms with van der Waals surface area (Å²) >= 11 is 0.686. The third kappa shape index (κ3) is 14.7. The summed E-state index contributed by atoms with van der Waals surface area (Å²) in [6.45, 7) is 24.9. The monoisotopic (exact) mass is 762 g/mol. The van der Waals surface area contributed by atoms with Crippen LogP contribution >= 0.6 is 0 Å². The van der Waals surface area contributed by atoms with Gasteiger partial charge in [0.05, 0.1) is 0 Å². The Hall–Kier alpha value is -1.90.